The summed E-state index contributed by atoms with van der Waals surface area (Å²) < 4.78 is 29.2. The van der Waals surface area contributed by atoms with Crippen LogP contribution in [0.5, 0.6) is 0 Å². The molecule has 0 atom stereocenters. The minimum absolute atomic E-state index is 0.0445. The van der Waals surface area contributed by atoms with Gasteiger partial charge in [-0.1, -0.05) is 18.2 Å². The van der Waals surface area contributed by atoms with Crippen molar-refractivity contribution in [2.75, 3.05) is 0 Å². The molecule has 0 aliphatic carbocycles. The summed E-state index contributed by atoms with van der Waals surface area (Å²) in [5.41, 5.74) is 1.34. The maximum atomic E-state index is 14.4. The number of aryl methyl sites for hydroxylation is 1. The van der Waals surface area contributed by atoms with Gasteiger partial charge in [-0.05, 0) is 61.5 Å². The molecule has 4 nitrogen and oxygen atoms in total. The molecule has 0 radical (unpaired) electrons. The highest BCUT2D eigenvalue weighted by Crippen LogP contribution is 2.18. The fourth-order valence-electron chi connectivity index (χ4n) is 2.97. The monoisotopic (exact) mass is 375 g/mol. The van der Waals surface area contributed by atoms with Crippen molar-refractivity contribution >= 4 is 23.1 Å². The van der Waals surface area contributed by atoms with Gasteiger partial charge in [0.1, 0.15) is 17.5 Å². The predicted molar refractivity (Wildman–Crippen MR) is 105 cm³/mol. The molecule has 6 heteroatoms. The van der Waals surface area contributed by atoms with Crippen LogP contribution < -0.4 is 5.56 Å². The van der Waals surface area contributed by atoms with Crippen LogP contribution in [-0.4, -0.2) is 14.5 Å². The minimum atomic E-state index is -0.578. The zero-order valence-electron chi connectivity index (χ0n) is 14.9. The molecule has 28 heavy (non-hydrogen) atoms. The van der Waals surface area contributed by atoms with E-state index in [1.807, 2.05) is 25.1 Å². The summed E-state index contributed by atoms with van der Waals surface area (Å²) in [5.74, 6) is -0.915. The summed E-state index contributed by atoms with van der Waals surface area (Å²) in [7, 11) is 0. The van der Waals surface area contributed by atoms with E-state index in [1.54, 1.807) is 18.2 Å². The molecular weight excluding hydrogens is 360 g/mol. The Kier molecular flexibility index (Phi) is 4.53. The van der Waals surface area contributed by atoms with Crippen LogP contribution in [0, 0.1) is 18.6 Å². The van der Waals surface area contributed by atoms with E-state index >= 15 is 0 Å². The maximum Gasteiger partial charge on any atom is 0.266 e. The molecule has 0 fully saturated rings. The van der Waals surface area contributed by atoms with Gasteiger partial charge < -0.3 is 0 Å². The molecule has 0 unspecified atom stereocenters. The molecule has 0 aliphatic rings. The molecule has 4 rings (SSSR count). The van der Waals surface area contributed by atoms with Crippen molar-refractivity contribution in [2.24, 2.45) is 0 Å². The zero-order chi connectivity index (χ0) is 19.7. The fraction of sp³-hybridized carbons (Fsp3) is 0.0455. The summed E-state index contributed by atoms with van der Waals surface area (Å²) in [6.07, 6.45) is 3.29. The Hall–Kier alpha value is -3.67. The molecule has 0 spiro atoms. The molecule has 0 saturated carbocycles. The zero-order valence-corrected chi connectivity index (χ0v) is 14.9. The Morgan fingerprint density at radius 3 is 2.54 bits per heavy atom. The van der Waals surface area contributed by atoms with E-state index in [-0.39, 0.29) is 16.9 Å². The number of halogens is 2. The van der Waals surface area contributed by atoms with E-state index in [4.69, 9.17) is 0 Å². The molecule has 0 amide bonds. The van der Waals surface area contributed by atoms with Gasteiger partial charge in [0.15, 0.2) is 0 Å². The molecular formula is C22H15F2N3O. The molecule has 0 N–H and O–H groups in total. The fourth-order valence-corrected chi connectivity index (χ4v) is 2.97. The van der Waals surface area contributed by atoms with Crippen molar-refractivity contribution in [3.05, 3.63) is 99.9 Å². The van der Waals surface area contributed by atoms with E-state index in [9.17, 15) is 13.6 Å². The Bertz CT molecular complexity index is 1280. The third-order valence-corrected chi connectivity index (χ3v) is 4.26. The maximum absolute atomic E-state index is 14.4. The smallest absolute Gasteiger partial charge is 0.266 e. The van der Waals surface area contributed by atoms with Gasteiger partial charge in [0.05, 0.1) is 22.3 Å². The molecule has 2 heterocycles. The normalized spacial score (nSPS) is 11.4. The minimum Gasteiger partial charge on any atom is -0.268 e. The standard InChI is InChI=1S/C22H15F2N3O/c1-14-5-4-6-16(25-14)10-12-21-26-19-11-9-15(23)13-17(19)22(28)27(21)20-8-3-2-7-18(20)24/h2-13H,1H3/b12-10+. The molecule has 138 valence electrons. The highest BCUT2D eigenvalue weighted by Gasteiger charge is 2.14. The molecule has 2 aromatic heterocycles. The first-order valence-corrected chi connectivity index (χ1v) is 8.62. The van der Waals surface area contributed by atoms with E-state index in [1.165, 1.54) is 30.3 Å². The van der Waals surface area contributed by atoms with Crippen molar-refractivity contribution in [1.82, 2.24) is 14.5 Å². The van der Waals surface area contributed by atoms with Crippen molar-refractivity contribution in [3.63, 3.8) is 0 Å². The van der Waals surface area contributed by atoms with Crippen LogP contribution in [0.15, 0.2) is 65.5 Å². The lowest BCUT2D eigenvalue weighted by Gasteiger charge is -2.12. The van der Waals surface area contributed by atoms with E-state index in [0.717, 1.165) is 16.3 Å². The predicted octanol–water partition coefficient (Wildman–Crippen LogP) is 4.54. The summed E-state index contributed by atoms with van der Waals surface area (Å²) in [6.45, 7) is 1.87. The van der Waals surface area contributed by atoms with Gasteiger partial charge in [-0.2, -0.15) is 0 Å². The van der Waals surface area contributed by atoms with Crippen LogP contribution in [0.1, 0.15) is 17.2 Å². The SMILES string of the molecule is Cc1cccc(/C=C/c2nc3ccc(F)cc3c(=O)n2-c2ccccc2F)n1. The molecule has 4 aromatic rings. The summed E-state index contributed by atoms with van der Waals surface area (Å²) in [5, 5.41) is 0.0779. The number of nitrogens with zero attached hydrogens (tertiary/aromatic N) is 3. The second kappa shape index (κ2) is 7.15. The lowest BCUT2D eigenvalue weighted by Crippen LogP contribution is -2.23. The first kappa shape index (κ1) is 17.7. The third-order valence-electron chi connectivity index (χ3n) is 4.26. The lowest BCUT2D eigenvalue weighted by atomic mass is 10.2. The average Bonchev–Trinajstić information content (AvgIpc) is 2.68. The van der Waals surface area contributed by atoms with Crippen molar-refractivity contribution in [3.8, 4) is 5.69 Å². The first-order chi connectivity index (χ1) is 13.5. The van der Waals surface area contributed by atoms with Crippen LogP contribution in [0.25, 0.3) is 28.7 Å². The first-order valence-electron chi connectivity index (χ1n) is 8.62. The van der Waals surface area contributed by atoms with E-state index in [0.29, 0.717) is 11.2 Å². The molecule has 2 aromatic carbocycles. The Labute approximate surface area is 159 Å². The number of para-hydroxylation sites is 1. The Balaban J connectivity index is 1.98. The summed E-state index contributed by atoms with van der Waals surface area (Å²) in [4.78, 5) is 21.9. The van der Waals surface area contributed by atoms with Crippen LogP contribution in [0.3, 0.4) is 0 Å². The number of hydrogen-bond acceptors (Lipinski definition) is 3. The van der Waals surface area contributed by atoms with E-state index in [2.05, 4.69) is 9.97 Å². The van der Waals surface area contributed by atoms with E-state index < -0.39 is 17.2 Å². The largest absolute Gasteiger partial charge is 0.268 e. The Morgan fingerprint density at radius 2 is 1.75 bits per heavy atom. The highest BCUT2D eigenvalue weighted by molar-refractivity contribution is 5.80. The molecule has 0 bridgehead atoms. The molecule has 0 saturated heterocycles. The van der Waals surface area contributed by atoms with Crippen LogP contribution >= 0.6 is 0 Å². The van der Waals surface area contributed by atoms with Gasteiger partial charge >= 0.3 is 0 Å². The van der Waals surface area contributed by atoms with Gasteiger partial charge in [0.25, 0.3) is 5.56 Å². The second-order valence-electron chi connectivity index (χ2n) is 6.26. The highest BCUT2D eigenvalue weighted by atomic mass is 19.1. The van der Waals surface area contributed by atoms with Crippen molar-refractivity contribution in [1.29, 1.82) is 0 Å². The third kappa shape index (κ3) is 3.32. The second-order valence-corrected chi connectivity index (χ2v) is 6.26. The lowest BCUT2D eigenvalue weighted by molar-refractivity contribution is 0.615. The number of hydrogen-bond donors (Lipinski definition) is 0. The van der Waals surface area contributed by atoms with Crippen molar-refractivity contribution < 1.29 is 8.78 Å². The van der Waals surface area contributed by atoms with Gasteiger partial charge in [-0.3, -0.25) is 14.3 Å². The number of rotatable bonds is 3. The van der Waals surface area contributed by atoms with Gasteiger partial charge in [0.2, 0.25) is 0 Å². The summed E-state index contributed by atoms with van der Waals surface area (Å²) in [6, 6.07) is 15.2. The van der Waals surface area contributed by atoms with Gasteiger partial charge in [-0.15, -0.1) is 0 Å². The number of benzene rings is 2. The number of aromatic nitrogens is 3. The van der Waals surface area contributed by atoms with Crippen LogP contribution in [0.2, 0.25) is 0 Å². The van der Waals surface area contributed by atoms with Gasteiger partial charge in [0, 0.05) is 5.69 Å². The Morgan fingerprint density at radius 1 is 0.929 bits per heavy atom. The van der Waals surface area contributed by atoms with Gasteiger partial charge in [-0.25, -0.2) is 13.8 Å². The summed E-state index contributed by atoms with van der Waals surface area (Å²) >= 11 is 0. The quantitative estimate of drug-likeness (QED) is 0.528. The number of pyridine rings is 1. The molecule has 0 aliphatic heterocycles. The number of fused-ring (bicyclic) bond motifs is 1. The topological polar surface area (TPSA) is 47.8 Å². The van der Waals surface area contributed by atoms with Crippen LogP contribution in [-0.2, 0) is 0 Å². The van der Waals surface area contributed by atoms with Crippen LogP contribution in [0.4, 0.5) is 8.78 Å². The van der Waals surface area contributed by atoms with Crippen molar-refractivity contribution in [2.45, 2.75) is 6.92 Å². The average molecular weight is 375 g/mol.